The van der Waals surface area contributed by atoms with E-state index in [4.69, 9.17) is 10.1 Å². The summed E-state index contributed by atoms with van der Waals surface area (Å²) in [5, 5.41) is 9.12. The zero-order valence-electron chi connectivity index (χ0n) is 11.9. The van der Waals surface area contributed by atoms with Crippen LogP contribution >= 0.6 is 0 Å². The molecule has 3 rings (SSSR count). The second-order valence-corrected chi connectivity index (χ2v) is 5.59. The summed E-state index contributed by atoms with van der Waals surface area (Å²) in [6.45, 7) is 4.33. The van der Waals surface area contributed by atoms with Crippen LogP contribution in [0.1, 0.15) is 25.0 Å². The molecule has 1 saturated heterocycles. The van der Waals surface area contributed by atoms with Crippen LogP contribution in [-0.2, 0) is 0 Å². The summed E-state index contributed by atoms with van der Waals surface area (Å²) in [6.07, 6.45) is 3.26. The molecule has 1 atom stereocenters. The average molecular weight is 271 g/mol. The fraction of sp³-hybridized carbons (Fsp3) is 0.500. The smallest absolute Gasteiger partial charge is 0.150 e. The average Bonchev–Trinajstić information content (AvgIpc) is 2.47. The Bertz CT molecular complexity index is 597. The van der Waals surface area contributed by atoms with Crippen molar-refractivity contribution in [1.29, 1.82) is 0 Å². The number of aryl methyl sites for hydroxylation is 1. The van der Waals surface area contributed by atoms with Crippen molar-refractivity contribution >= 4 is 16.9 Å². The van der Waals surface area contributed by atoms with Crippen molar-refractivity contribution in [2.75, 3.05) is 24.6 Å². The molecule has 106 valence electrons. The van der Waals surface area contributed by atoms with E-state index < -0.39 is 0 Å². The van der Waals surface area contributed by atoms with Gasteiger partial charge in [0, 0.05) is 19.7 Å². The fourth-order valence-electron chi connectivity index (χ4n) is 3.05. The lowest BCUT2D eigenvalue weighted by atomic mass is 9.95. The van der Waals surface area contributed by atoms with Gasteiger partial charge in [0.1, 0.15) is 0 Å². The second-order valence-electron chi connectivity index (χ2n) is 5.59. The van der Waals surface area contributed by atoms with E-state index in [-0.39, 0.29) is 6.61 Å². The number of fused-ring (bicyclic) bond motifs is 1. The SMILES string of the molecule is Cc1nc2ccccc2nc1N1CCCC(CCO)C1. The molecule has 0 aliphatic carbocycles. The van der Waals surface area contributed by atoms with Gasteiger partial charge >= 0.3 is 0 Å². The van der Waals surface area contributed by atoms with E-state index in [1.165, 1.54) is 12.8 Å². The highest BCUT2D eigenvalue weighted by atomic mass is 16.3. The Morgan fingerprint density at radius 1 is 1.25 bits per heavy atom. The molecule has 1 aliphatic rings. The van der Waals surface area contributed by atoms with Crippen LogP contribution in [0.5, 0.6) is 0 Å². The molecule has 1 aliphatic heterocycles. The van der Waals surface area contributed by atoms with E-state index >= 15 is 0 Å². The number of hydrogen-bond acceptors (Lipinski definition) is 4. The van der Waals surface area contributed by atoms with Crippen LogP contribution in [-0.4, -0.2) is 34.8 Å². The lowest BCUT2D eigenvalue weighted by molar-refractivity contribution is 0.244. The van der Waals surface area contributed by atoms with Crippen LogP contribution in [0.15, 0.2) is 24.3 Å². The van der Waals surface area contributed by atoms with Gasteiger partial charge in [-0.2, -0.15) is 0 Å². The molecule has 0 radical (unpaired) electrons. The minimum atomic E-state index is 0.279. The maximum Gasteiger partial charge on any atom is 0.150 e. The summed E-state index contributed by atoms with van der Waals surface area (Å²) >= 11 is 0. The van der Waals surface area contributed by atoms with Gasteiger partial charge in [-0.3, -0.25) is 0 Å². The molecule has 0 bridgehead atoms. The van der Waals surface area contributed by atoms with Gasteiger partial charge < -0.3 is 10.0 Å². The van der Waals surface area contributed by atoms with Gasteiger partial charge in [0.25, 0.3) is 0 Å². The van der Waals surface area contributed by atoms with Crippen molar-refractivity contribution in [2.45, 2.75) is 26.2 Å². The quantitative estimate of drug-likeness (QED) is 0.932. The molecule has 4 heteroatoms. The molecule has 4 nitrogen and oxygen atoms in total. The van der Waals surface area contributed by atoms with Crippen LogP contribution in [0, 0.1) is 12.8 Å². The lowest BCUT2D eigenvalue weighted by Gasteiger charge is -2.34. The summed E-state index contributed by atoms with van der Waals surface area (Å²) in [7, 11) is 0. The van der Waals surface area contributed by atoms with Crippen LogP contribution < -0.4 is 4.90 Å². The monoisotopic (exact) mass is 271 g/mol. The summed E-state index contributed by atoms with van der Waals surface area (Å²) < 4.78 is 0. The maximum absolute atomic E-state index is 9.12. The number of para-hydroxylation sites is 2. The van der Waals surface area contributed by atoms with Gasteiger partial charge in [-0.05, 0) is 44.2 Å². The molecule has 20 heavy (non-hydrogen) atoms. The van der Waals surface area contributed by atoms with Crippen molar-refractivity contribution in [3.63, 3.8) is 0 Å². The van der Waals surface area contributed by atoms with E-state index in [0.29, 0.717) is 5.92 Å². The predicted octanol–water partition coefficient (Wildman–Crippen LogP) is 2.54. The zero-order chi connectivity index (χ0) is 13.9. The fourth-order valence-corrected chi connectivity index (χ4v) is 3.05. The highest BCUT2D eigenvalue weighted by molar-refractivity contribution is 5.76. The topological polar surface area (TPSA) is 49.2 Å². The van der Waals surface area contributed by atoms with Gasteiger partial charge in [-0.25, -0.2) is 9.97 Å². The first kappa shape index (κ1) is 13.3. The Morgan fingerprint density at radius 2 is 2.00 bits per heavy atom. The zero-order valence-corrected chi connectivity index (χ0v) is 11.9. The molecule has 1 aromatic heterocycles. The summed E-state index contributed by atoms with van der Waals surface area (Å²) in [5.74, 6) is 1.58. The molecule has 2 aromatic rings. The number of nitrogens with zero attached hydrogens (tertiary/aromatic N) is 3. The summed E-state index contributed by atoms with van der Waals surface area (Å²) in [6, 6.07) is 8.01. The van der Waals surface area contributed by atoms with E-state index in [2.05, 4.69) is 9.88 Å². The standard InChI is InChI=1S/C16H21N3O/c1-12-16(18-15-7-3-2-6-14(15)17-12)19-9-4-5-13(11-19)8-10-20/h2-3,6-7,13,20H,4-5,8-11H2,1H3. The normalized spacial score (nSPS) is 19.5. The Labute approximate surface area is 119 Å². The van der Waals surface area contributed by atoms with Crippen molar-refractivity contribution in [2.24, 2.45) is 5.92 Å². The van der Waals surface area contributed by atoms with Crippen molar-refractivity contribution < 1.29 is 5.11 Å². The third-order valence-electron chi connectivity index (χ3n) is 4.08. The first-order chi connectivity index (χ1) is 9.78. The molecule has 1 N–H and O–H groups in total. The van der Waals surface area contributed by atoms with Crippen LogP contribution in [0.2, 0.25) is 0 Å². The molecular formula is C16H21N3O. The molecule has 2 heterocycles. The summed E-state index contributed by atoms with van der Waals surface area (Å²) in [4.78, 5) is 11.8. The number of benzene rings is 1. The van der Waals surface area contributed by atoms with Crippen molar-refractivity contribution in [1.82, 2.24) is 9.97 Å². The number of piperidine rings is 1. The van der Waals surface area contributed by atoms with Gasteiger partial charge in [0.05, 0.1) is 16.7 Å². The molecular weight excluding hydrogens is 250 g/mol. The van der Waals surface area contributed by atoms with Gasteiger partial charge in [0.15, 0.2) is 5.82 Å². The van der Waals surface area contributed by atoms with Crippen molar-refractivity contribution in [3.05, 3.63) is 30.0 Å². The third kappa shape index (κ3) is 2.61. The number of aliphatic hydroxyl groups is 1. The number of hydrogen-bond donors (Lipinski definition) is 1. The minimum absolute atomic E-state index is 0.279. The predicted molar refractivity (Wildman–Crippen MR) is 80.9 cm³/mol. The van der Waals surface area contributed by atoms with Crippen LogP contribution in [0.4, 0.5) is 5.82 Å². The van der Waals surface area contributed by atoms with Crippen LogP contribution in [0.3, 0.4) is 0 Å². The minimum Gasteiger partial charge on any atom is -0.396 e. The number of anilines is 1. The van der Waals surface area contributed by atoms with E-state index in [1.807, 2.05) is 31.2 Å². The Hall–Kier alpha value is -1.68. The highest BCUT2D eigenvalue weighted by Crippen LogP contribution is 2.26. The molecule has 1 unspecified atom stereocenters. The number of rotatable bonds is 3. The van der Waals surface area contributed by atoms with E-state index in [9.17, 15) is 0 Å². The van der Waals surface area contributed by atoms with E-state index in [1.54, 1.807) is 0 Å². The number of aliphatic hydroxyl groups excluding tert-OH is 1. The highest BCUT2D eigenvalue weighted by Gasteiger charge is 2.22. The Morgan fingerprint density at radius 3 is 2.75 bits per heavy atom. The number of aromatic nitrogens is 2. The van der Waals surface area contributed by atoms with Gasteiger partial charge in [0.2, 0.25) is 0 Å². The molecule has 0 saturated carbocycles. The largest absolute Gasteiger partial charge is 0.396 e. The van der Waals surface area contributed by atoms with Gasteiger partial charge in [-0.1, -0.05) is 12.1 Å². The molecule has 0 amide bonds. The third-order valence-corrected chi connectivity index (χ3v) is 4.08. The van der Waals surface area contributed by atoms with Gasteiger partial charge in [-0.15, -0.1) is 0 Å². The van der Waals surface area contributed by atoms with Crippen molar-refractivity contribution in [3.8, 4) is 0 Å². The first-order valence-corrected chi connectivity index (χ1v) is 7.37. The Balaban J connectivity index is 1.90. The second kappa shape index (κ2) is 5.75. The Kier molecular flexibility index (Phi) is 3.83. The maximum atomic E-state index is 9.12. The van der Waals surface area contributed by atoms with E-state index in [0.717, 1.165) is 42.1 Å². The lowest BCUT2D eigenvalue weighted by Crippen LogP contribution is -2.36. The van der Waals surface area contributed by atoms with Crippen LogP contribution in [0.25, 0.3) is 11.0 Å². The first-order valence-electron chi connectivity index (χ1n) is 7.37. The molecule has 0 spiro atoms. The molecule has 1 aromatic carbocycles. The summed E-state index contributed by atoms with van der Waals surface area (Å²) in [5.41, 5.74) is 2.91. The molecule has 1 fully saturated rings.